The lowest BCUT2D eigenvalue weighted by molar-refractivity contribution is -0.123. The SMILES string of the molecule is COc1ccc(CCNC(=O)COc2ccccc2C(C)(C)C)cc1OC. The number of carbonyl (C=O) groups excluding carboxylic acids is 1. The molecule has 0 bridgehead atoms. The number of hydrogen-bond donors (Lipinski definition) is 1. The molecule has 0 atom stereocenters. The van der Waals surface area contributed by atoms with Gasteiger partial charge in [0.2, 0.25) is 0 Å². The molecular formula is C22H29NO4. The maximum atomic E-state index is 12.1. The molecule has 0 fully saturated rings. The Morgan fingerprint density at radius 1 is 0.963 bits per heavy atom. The Kier molecular flexibility index (Phi) is 7.11. The van der Waals surface area contributed by atoms with Crippen LogP contribution in [0.1, 0.15) is 31.9 Å². The number of hydrogen-bond acceptors (Lipinski definition) is 4. The quantitative estimate of drug-likeness (QED) is 0.768. The summed E-state index contributed by atoms with van der Waals surface area (Å²) in [6, 6.07) is 13.6. The number of benzene rings is 2. The highest BCUT2D eigenvalue weighted by Crippen LogP contribution is 2.31. The first kappa shape index (κ1) is 20.6. The summed E-state index contributed by atoms with van der Waals surface area (Å²) in [4.78, 5) is 12.1. The molecule has 2 rings (SSSR count). The predicted molar refractivity (Wildman–Crippen MR) is 107 cm³/mol. The second-order valence-electron chi connectivity index (χ2n) is 7.32. The number of para-hydroxylation sites is 1. The number of carbonyl (C=O) groups is 1. The highest BCUT2D eigenvalue weighted by molar-refractivity contribution is 5.77. The Morgan fingerprint density at radius 2 is 1.67 bits per heavy atom. The van der Waals surface area contributed by atoms with E-state index in [4.69, 9.17) is 14.2 Å². The molecule has 2 aromatic carbocycles. The molecule has 0 heterocycles. The van der Waals surface area contributed by atoms with Gasteiger partial charge in [0, 0.05) is 6.54 Å². The molecule has 0 aromatic heterocycles. The van der Waals surface area contributed by atoms with Crippen molar-refractivity contribution < 1.29 is 19.0 Å². The van der Waals surface area contributed by atoms with Crippen LogP contribution in [0.25, 0.3) is 0 Å². The van der Waals surface area contributed by atoms with E-state index in [-0.39, 0.29) is 17.9 Å². The van der Waals surface area contributed by atoms with Crippen molar-refractivity contribution in [1.82, 2.24) is 5.32 Å². The zero-order valence-corrected chi connectivity index (χ0v) is 16.8. The van der Waals surface area contributed by atoms with Crippen LogP contribution in [0.15, 0.2) is 42.5 Å². The second kappa shape index (κ2) is 9.31. The molecule has 146 valence electrons. The van der Waals surface area contributed by atoms with E-state index < -0.39 is 0 Å². The highest BCUT2D eigenvalue weighted by atomic mass is 16.5. The van der Waals surface area contributed by atoms with Crippen molar-refractivity contribution in [1.29, 1.82) is 0 Å². The number of amides is 1. The number of rotatable bonds is 8. The van der Waals surface area contributed by atoms with E-state index in [0.29, 0.717) is 24.5 Å². The van der Waals surface area contributed by atoms with Gasteiger partial charge in [-0.2, -0.15) is 0 Å². The Hall–Kier alpha value is -2.69. The fourth-order valence-corrected chi connectivity index (χ4v) is 2.79. The van der Waals surface area contributed by atoms with Crippen LogP contribution in [0.2, 0.25) is 0 Å². The first-order valence-electron chi connectivity index (χ1n) is 9.05. The molecule has 5 heteroatoms. The molecule has 0 unspecified atom stereocenters. The first-order valence-corrected chi connectivity index (χ1v) is 9.05. The largest absolute Gasteiger partial charge is 0.493 e. The predicted octanol–water partition coefficient (Wildman–Crippen LogP) is 3.74. The van der Waals surface area contributed by atoms with Gasteiger partial charge >= 0.3 is 0 Å². The van der Waals surface area contributed by atoms with E-state index in [1.54, 1.807) is 14.2 Å². The molecule has 1 amide bonds. The van der Waals surface area contributed by atoms with Gasteiger partial charge in [-0.1, -0.05) is 45.0 Å². The number of nitrogens with one attached hydrogen (secondary N) is 1. The maximum Gasteiger partial charge on any atom is 0.257 e. The van der Waals surface area contributed by atoms with Crippen LogP contribution in [-0.2, 0) is 16.6 Å². The van der Waals surface area contributed by atoms with Gasteiger partial charge < -0.3 is 19.5 Å². The summed E-state index contributed by atoms with van der Waals surface area (Å²) in [5.74, 6) is 1.99. The molecular weight excluding hydrogens is 342 g/mol. The Labute approximate surface area is 161 Å². The van der Waals surface area contributed by atoms with E-state index in [1.165, 1.54) is 0 Å². The van der Waals surface area contributed by atoms with Crippen molar-refractivity contribution in [2.45, 2.75) is 32.6 Å². The normalized spacial score (nSPS) is 11.0. The van der Waals surface area contributed by atoms with Crippen LogP contribution in [0.5, 0.6) is 17.2 Å². The van der Waals surface area contributed by atoms with E-state index in [2.05, 4.69) is 26.1 Å². The third kappa shape index (κ3) is 5.91. The number of ether oxygens (including phenoxy) is 3. The van der Waals surface area contributed by atoms with Gasteiger partial charge in [-0.15, -0.1) is 0 Å². The molecule has 0 spiro atoms. The smallest absolute Gasteiger partial charge is 0.257 e. The van der Waals surface area contributed by atoms with Crippen molar-refractivity contribution in [3.63, 3.8) is 0 Å². The number of methoxy groups -OCH3 is 2. The Balaban J connectivity index is 1.84. The van der Waals surface area contributed by atoms with Crippen LogP contribution in [0.3, 0.4) is 0 Å². The van der Waals surface area contributed by atoms with Crippen LogP contribution in [-0.4, -0.2) is 33.3 Å². The second-order valence-corrected chi connectivity index (χ2v) is 7.32. The first-order chi connectivity index (χ1) is 12.8. The van der Waals surface area contributed by atoms with Gasteiger partial charge in [0.1, 0.15) is 5.75 Å². The lowest BCUT2D eigenvalue weighted by Crippen LogP contribution is -2.31. The molecule has 0 aliphatic heterocycles. The molecule has 5 nitrogen and oxygen atoms in total. The maximum absolute atomic E-state index is 12.1. The standard InChI is InChI=1S/C22H29NO4/c1-22(2,3)17-8-6-7-9-18(17)27-15-21(24)23-13-12-16-10-11-19(25-4)20(14-16)26-5/h6-11,14H,12-13,15H2,1-5H3,(H,23,24). The van der Waals surface area contributed by atoms with E-state index in [1.807, 2.05) is 42.5 Å². The molecule has 1 N–H and O–H groups in total. The average Bonchev–Trinajstić information content (AvgIpc) is 2.65. The zero-order valence-electron chi connectivity index (χ0n) is 16.8. The van der Waals surface area contributed by atoms with Crippen LogP contribution in [0.4, 0.5) is 0 Å². The minimum Gasteiger partial charge on any atom is -0.493 e. The van der Waals surface area contributed by atoms with Crippen molar-refractivity contribution in [2.75, 3.05) is 27.4 Å². The van der Waals surface area contributed by atoms with Gasteiger partial charge in [-0.3, -0.25) is 4.79 Å². The third-order valence-electron chi connectivity index (χ3n) is 4.24. The fraction of sp³-hybridized carbons (Fsp3) is 0.409. The molecule has 0 aliphatic rings. The van der Waals surface area contributed by atoms with Crippen molar-refractivity contribution in [2.24, 2.45) is 0 Å². The van der Waals surface area contributed by atoms with Crippen LogP contribution < -0.4 is 19.5 Å². The molecule has 2 aromatic rings. The molecule has 0 saturated carbocycles. The van der Waals surface area contributed by atoms with Crippen molar-refractivity contribution in [3.8, 4) is 17.2 Å². The summed E-state index contributed by atoms with van der Waals surface area (Å²) < 4.78 is 16.3. The van der Waals surface area contributed by atoms with Crippen molar-refractivity contribution in [3.05, 3.63) is 53.6 Å². The lowest BCUT2D eigenvalue weighted by atomic mass is 9.86. The molecule has 0 aliphatic carbocycles. The highest BCUT2D eigenvalue weighted by Gasteiger charge is 2.18. The summed E-state index contributed by atoms with van der Waals surface area (Å²) in [6.07, 6.45) is 0.699. The van der Waals surface area contributed by atoms with E-state index in [0.717, 1.165) is 16.9 Å². The summed E-state index contributed by atoms with van der Waals surface area (Å²) in [7, 11) is 3.21. The van der Waals surface area contributed by atoms with E-state index >= 15 is 0 Å². The van der Waals surface area contributed by atoms with Gasteiger partial charge in [-0.05, 0) is 41.2 Å². The summed E-state index contributed by atoms with van der Waals surface area (Å²) >= 11 is 0. The van der Waals surface area contributed by atoms with Gasteiger partial charge in [0.25, 0.3) is 5.91 Å². The van der Waals surface area contributed by atoms with Gasteiger partial charge in [0.05, 0.1) is 14.2 Å². The molecule has 0 saturated heterocycles. The topological polar surface area (TPSA) is 56.8 Å². The Morgan fingerprint density at radius 3 is 2.33 bits per heavy atom. The third-order valence-corrected chi connectivity index (χ3v) is 4.24. The lowest BCUT2D eigenvalue weighted by Gasteiger charge is -2.22. The van der Waals surface area contributed by atoms with Crippen LogP contribution >= 0.6 is 0 Å². The van der Waals surface area contributed by atoms with Gasteiger partial charge in [-0.25, -0.2) is 0 Å². The van der Waals surface area contributed by atoms with Crippen molar-refractivity contribution >= 4 is 5.91 Å². The van der Waals surface area contributed by atoms with E-state index in [9.17, 15) is 4.79 Å². The minimum atomic E-state index is -0.140. The Bertz CT molecular complexity index is 765. The summed E-state index contributed by atoms with van der Waals surface area (Å²) in [5, 5.41) is 2.89. The van der Waals surface area contributed by atoms with Crippen LogP contribution in [0, 0.1) is 0 Å². The molecule has 0 radical (unpaired) electrons. The average molecular weight is 371 g/mol. The van der Waals surface area contributed by atoms with Gasteiger partial charge in [0.15, 0.2) is 18.1 Å². The summed E-state index contributed by atoms with van der Waals surface area (Å²) in [5.41, 5.74) is 2.11. The minimum absolute atomic E-state index is 0.000965. The monoisotopic (exact) mass is 371 g/mol. The fourth-order valence-electron chi connectivity index (χ4n) is 2.79. The zero-order chi connectivity index (χ0) is 19.9. The summed E-state index contributed by atoms with van der Waals surface area (Å²) in [6.45, 7) is 6.90. The molecule has 27 heavy (non-hydrogen) atoms.